The van der Waals surface area contributed by atoms with Crippen LogP contribution in [0.1, 0.15) is 37.3 Å². The first-order valence-electron chi connectivity index (χ1n) is 12.1. The fraction of sp³-hybridized carbons (Fsp3) is 0.444. The number of fused-ring (bicyclic) bond motifs is 3. The minimum Gasteiger partial charge on any atom is -0.480 e. The van der Waals surface area contributed by atoms with Crippen LogP contribution in [-0.2, 0) is 14.3 Å². The second-order valence-corrected chi connectivity index (χ2v) is 11.0. The summed E-state index contributed by atoms with van der Waals surface area (Å²) in [5.74, 6) is -0.717. The van der Waals surface area contributed by atoms with Gasteiger partial charge in [-0.15, -0.1) is 11.8 Å². The van der Waals surface area contributed by atoms with E-state index in [1.54, 1.807) is 4.90 Å². The Bertz CT molecular complexity index is 1110. The molecule has 1 saturated heterocycles. The number of nitrogens with zero attached hydrogens (tertiary/aromatic N) is 1. The van der Waals surface area contributed by atoms with Crippen LogP contribution in [-0.4, -0.2) is 58.3 Å². The molecule has 1 saturated carbocycles. The summed E-state index contributed by atoms with van der Waals surface area (Å²) < 4.78 is 5.58. The van der Waals surface area contributed by atoms with E-state index in [9.17, 15) is 19.5 Å². The van der Waals surface area contributed by atoms with Crippen molar-refractivity contribution in [3.63, 3.8) is 0 Å². The Hall–Kier alpha value is -3.00. The molecule has 2 aromatic rings. The van der Waals surface area contributed by atoms with Crippen LogP contribution in [0, 0.1) is 17.8 Å². The number of hydrogen-bond acceptors (Lipinski definition) is 5. The Morgan fingerprint density at radius 2 is 1.71 bits per heavy atom. The number of carbonyl (C=O) groups excluding carboxylic acids is 2. The van der Waals surface area contributed by atoms with E-state index in [-0.39, 0.29) is 41.6 Å². The van der Waals surface area contributed by atoms with E-state index < -0.39 is 18.1 Å². The first-order valence-corrected chi connectivity index (χ1v) is 13.2. The Kier molecular flexibility index (Phi) is 6.49. The molecular weight excluding hydrogens is 464 g/mol. The summed E-state index contributed by atoms with van der Waals surface area (Å²) in [5.41, 5.74) is 4.67. The summed E-state index contributed by atoms with van der Waals surface area (Å²) in [7, 11) is 0. The summed E-state index contributed by atoms with van der Waals surface area (Å²) >= 11 is 1.53. The number of rotatable bonds is 7. The maximum Gasteiger partial charge on any atom is 0.407 e. The highest BCUT2D eigenvalue weighted by molar-refractivity contribution is 8.00. The van der Waals surface area contributed by atoms with Crippen molar-refractivity contribution in [1.29, 1.82) is 0 Å². The van der Waals surface area contributed by atoms with Crippen LogP contribution in [0.4, 0.5) is 4.79 Å². The topological polar surface area (TPSA) is 95.9 Å². The summed E-state index contributed by atoms with van der Waals surface area (Å²) in [6.45, 7) is 4.60. The van der Waals surface area contributed by atoms with Gasteiger partial charge in [0.05, 0.1) is 5.37 Å². The molecule has 0 radical (unpaired) electrons. The number of alkyl carbamates (subject to hydrolysis) is 1. The molecule has 0 spiro atoms. The molecule has 35 heavy (non-hydrogen) atoms. The number of benzene rings is 2. The molecule has 184 valence electrons. The monoisotopic (exact) mass is 494 g/mol. The molecule has 7 nitrogen and oxygen atoms in total. The highest BCUT2D eigenvalue weighted by Crippen LogP contribution is 2.45. The average molecular weight is 495 g/mol. The highest BCUT2D eigenvalue weighted by atomic mass is 32.2. The van der Waals surface area contributed by atoms with Gasteiger partial charge in [0.2, 0.25) is 5.91 Å². The zero-order valence-corrected chi connectivity index (χ0v) is 20.7. The molecule has 4 unspecified atom stereocenters. The van der Waals surface area contributed by atoms with Gasteiger partial charge in [-0.25, -0.2) is 9.59 Å². The summed E-state index contributed by atoms with van der Waals surface area (Å²) in [5, 5.41) is 12.2. The van der Waals surface area contributed by atoms with E-state index in [0.717, 1.165) is 11.1 Å². The third-order valence-corrected chi connectivity index (χ3v) is 8.86. The lowest BCUT2D eigenvalue weighted by atomic mass is 9.98. The van der Waals surface area contributed by atoms with Crippen molar-refractivity contribution in [3.05, 3.63) is 59.7 Å². The molecule has 2 fully saturated rings. The number of hydrogen-bond donors (Lipinski definition) is 2. The lowest BCUT2D eigenvalue weighted by molar-refractivity contribution is -0.150. The highest BCUT2D eigenvalue weighted by Gasteiger charge is 2.51. The van der Waals surface area contributed by atoms with E-state index in [1.165, 1.54) is 22.9 Å². The maximum atomic E-state index is 13.1. The quantitative estimate of drug-likeness (QED) is 0.600. The predicted molar refractivity (Wildman–Crippen MR) is 134 cm³/mol. The largest absolute Gasteiger partial charge is 0.480 e. The number of ether oxygens (including phenoxy) is 1. The fourth-order valence-electron chi connectivity index (χ4n) is 5.34. The molecule has 1 heterocycles. The predicted octanol–water partition coefficient (Wildman–Crippen LogP) is 4.17. The maximum absolute atomic E-state index is 13.1. The lowest BCUT2D eigenvalue weighted by Gasteiger charge is -2.30. The molecule has 8 heteroatoms. The molecule has 2 amide bonds. The van der Waals surface area contributed by atoms with E-state index in [0.29, 0.717) is 18.7 Å². The van der Waals surface area contributed by atoms with E-state index in [4.69, 9.17) is 4.74 Å². The fourth-order valence-corrected chi connectivity index (χ4v) is 6.82. The Balaban J connectivity index is 1.14. The van der Waals surface area contributed by atoms with Crippen molar-refractivity contribution in [3.8, 4) is 11.1 Å². The Labute approximate surface area is 209 Å². The zero-order valence-electron chi connectivity index (χ0n) is 19.8. The number of nitrogens with one attached hydrogen (secondary N) is 1. The molecule has 2 N–H and O–H groups in total. The van der Waals surface area contributed by atoms with Crippen LogP contribution >= 0.6 is 11.8 Å². The van der Waals surface area contributed by atoms with Gasteiger partial charge < -0.3 is 20.1 Å². The molecule has 3 aliphatic rings. The van der Waals surface area contributed by atoms with Gasteiger partial charge in [-0.2, -0.15) is 0 Å². The van der Waals surface area contributed by atoms with E-state index >= 15 is 0 Å². The smallest absolute Gasteiger partial charge is 0.407 e. The molecule has 2 aliphatic carbocycles. The van der Waals surface area contributed by atoms with Gasteiger partial charge >= 0.3 is 12.1 Å². The minimum absolute atomic E-state index is 0.00279. The van der Waals surface area contributed by atoms with Gasteiger partial charge in [0.15, 0.2) is 0 Å². The number of carbonyl (C=O) groups is 3. The normalized spacial score (nSPS) is 24.7. The molecular formula is C27H30N2O5S. The zero-order chi connectivity index (χ0) is 24.7. The van der Waals surface area contributed by atoms with Crippen LogP contribution in [0.3, 0.4) is 0 Å². The van der Waals surface area contributed by atoms with Crippen molar-refractivity contribution in [2.75, 3.05) is 18.9 Å². The average Bonchev–Trinajstić information content (AvgIpc) is 3.36. The third-order valence-electron chi connectivity index (χ3n) is 7.24. The lowest BCUT2D eigenvalue weighted by Crippen LogP contribution is -2.48. The first kappa shape index (κ1) is 23.7. The van der Waals surface area contributed by atoms with Gasteiger partial charge in [-0.3, -0.25) is 4.79 Å². The van der Waals surface area contributed by atoms with Crippen molar-refractivity contribution < 1.29 is 24.2 Å². The van der Waals surface area contributed by atoms with E-state index in [1.807, 2.05) is 38.1 Å². The van der Waals surface area contributed by atoms with E-state index in [2.05, 4.69) is 29.6 Å². The first-order chi connectivity index (χ1) is 16.9. The standard InChI is InChI=1S/C27H30N2O5S/c1-15(2)25-29(23(14-35-25)26(31)32)24(30)21-11-16(21)12-28-27(33)34-13-22-19-9-5-3-7-17(19)18-8-4-6-10-20(18)22/h3-10,15-16,21-23,25H,11-14H2,1-2H3,(H,28,33)(H,31,32). The number of amides is 2. The SMILES string of the molecule is CC(C)C1SCC(C(=O)O)N1C(=O)C1CC1CNC(=O)OCC1c2ccccc2-c2ccccc21. The van der Waals surface area contributed by atoms with Crippen LogP contribution in [0.5, 0.6) is 0 Å². The molecule has 5 rings (SSSR count). The van der Waals surface area contributed by atoms with Crippen LogP contribution in [0.15, 0.2) is 48.5 Å². The van der Waals surface area contributed by atoms with Crippen molar-refractivity contribution in [2.24, 2.45) is 17.8 Å². The van der Waals surface area contributed by atoms with Crippen LogP contribution in [0.2, 0.25) is 0 Å². The third kappa shape index (κ3) is 4.51. The Morgan fingerprint density at radius 1 is 1.09 bits per heavy atom. The molecule has 1 aliphatic heterocycles. The molecule has 2 aromatic carbocycles. The number of carboxylic acids is 1. The molecule has 0 bridgehead atoms. The van der Waals surface area contributed by atoms with Crippen molar-refractivity contribution >= 4 is 29.7 Å². The summed E-state index contributed by atoms with van der Waals surface area (Å²) in [6.07, 6.45) is 0.158. The number of aliphatic carboxylic acids is 1. The van der Waals surface area contributed by atoms with Crippen LogP contribution in [0.25, 0.3) is 11.1 Å². The number of carboxylic acid groups (broad SMARTS) is 1. The minimum atomic E-state index is -0.956. The second kappa shape index (κ2) is 9.57. The Morgan fingerprint density at radius 3 is 2.31 bits per heavy atom. The molecule has 4 atom stereocenters. The van der Waals surface area contributed by atoms with Crippen LogP contribution < -0.4 is 5.32 Å². The van der Waals surface area contributed by atoms with Gasteiger partial charge in [-0.1, -0.05) is 62.4 Å². The van der Waals surface area contributed by atoms with Gasteiger partial charge in [0.25, 0.3) is 0 Å². The van der Waals surface area contributed by atoms with Gasteiger partial charge in [0.1, 0.15) is 12.6 Å². The van der Waals surface area contributed by atoms with Crippen molar-refractivity contribution in [1.82, 2.24) is 10.2 Å². The second-order valence-electron chi connectivity index (χ2n) is 9.88. The van der Waals surface area contributed by atoms with Gasteiger partial charge in [0, 0.05) is 24.1 Å². The van der Waals surface area contributed by atoms with Crippen molar-refractivity contribution in [2.45, 2.75) is 37.6 Å². The number of thioether (sulfide) groups is 1. The van der Waals surface area contributed by atoms with Gasteiger partial charge in [-0.05, 0) is 40.5 Å². The summed E-state index contributed by atoms with van der Waals surface area (Å²) in [6, 6.07) is 15.6. The summed E-state index contributed by atoms with van der Waals surface area (Å²) in [4.78, 5) is 38.8. The molecule has 0 aromatic heterocycles.